The number of hydrogen-bond donors (Lipinski definition) is 1. The number of nitrogens with zero attached hydrogens (tertiary/aromatic N) is 1. The Kier molecular flexibility index (Phi) is 3.43. The van der Waals surface area contributed by atoms with Gasteiger partial charge in [-0.1, -0.05) is 30.3 Å². The number of benzene rings is 1. The summed E-state index contributed by atoms with van der Waals surface area (Å²) in [4.78, 5) is 16.6. The van der Waals surface area contributed by atoms with Crippen LogP contribution in [0.1, 0.15) is 5.56 Å². The molecule has 1 aromatic rings. The lowest BCUT2D eigenvalue weighted by atomic mass is 10.1. The van der Waals surface area contributed by atoms with E-state index in [9.17, 15) is 9.90 Å². The van der Waals surface area contributed by atoms with Crippen LogP contribution in [0.5, 0.6) is 0 Å². The summed E-state index contributed by atoms with van der Waals surface area (Å²) in [6, 6.07) is 8.83. The Hall–Kier alpha value is -2.56. The van der Waals surface area contributed by atoms with Crippen molar-refractivity contribution in [1.29, 1.82) is 0 Å². The van der Waals surface area contributed by atoms with E-state index in [-0.39, 0.29) is 11.5 Å². The topological polar surface area (TPSA) is 58.8 Å². The highest BCUT2D eigenvalue weighted by Crippen LogP contribution is 2.24. The summed E-state index contributed by atoms with van der Waals surface area (Å²) in [6.45, 7) is 0. The van der Waals surface area contributed by atoms with Gasteiger partial charge in [-0.05, 0) is 5.56 Å². The normalized spacial score (nSPS) is 17.6. The molecule has 1 N–H and O–H groups in total. The fraction of sp³-hybridized carbons (Fsp3) is 0.0769. The number of allylic oxidation sites excluding steroid dienone is 1. The molecule has 1 aliphatic heterocycles. The highest BCUT2D eigenvalue weighted by molar-refractivity contribution is 6.17. The summed E-state index contributed by atoms with van der Waals surface area (Å²) >= 11 is 0. The maximum absolute atomic E-state index is 11.7. The number of carbonyl (C=O) groups excluding carboxylic acids is 1. The third-order valence-electron chi connectivity index (χ3n) is 2.32. The Balaban J connectivity index is 2.38. The monoisotopic (exact) mass is 246 g/mol. The number of hydrogen-bond acceptors (Lipinski definition) is 4. The van der Waals surface area contributed by atoms with Gasteiger partial charge in [0, 0.05) is 6.08 Å². The standard InChI is InChI=1S/C13H11NO4/c1-17-9-5-8-14-12(15)11(13(16)18-14)10-6-3-2-4-7-10/h2-9H,1H3/p+1/b9-5+,14-8+. The average Bonchev–Trinajstić information content (AvgIpc) is 2.66. The van der Waals surface area contributed by atoms with Crippen LogP contribution in [0.3, 0.4) is 0 Å². The quantitative estimate of drug-likeness (QED) is 0.500. The Morgan fingerprint density at radius 1 is 1.33 bits per heavy atom. The van der Waals surface area contributed by atoms with Crippen molar-refractivity contribution in [2.24, 2.45) is 0 Å². The van der Waals surface area contributed by atoms with Crippen molar-refractivity contribution < 1.29 is 24.2 Å². The molecule has 1 aliphatic rings. The van der Waals surface area contributed by atoms with E-state index in [4.69, 9.17) is 9.57 Å². The summed E-state index contributed by atoms with van der Waals surface area (Å²) in [5.74, 6) is -0.840. The van der Waals surface area contributed by atoms with E-state index in [1.165, 1.54) is 25.7 Å². The first-order chi connectivity index (χ1) is 8.74. The molecule has 0 aromatic heterocycles. The molecule has 5 nitrogen and oxygen atoms in total. The zero-order valence-electron chi connectivity index (χ0n) is 9.74. The minimum absolute atomic E-state index is 0.137. The maximum Gasteiger partial charge on any atom is 0.431 e. The molecule has 92 valence electrons. The van der Waals surface area contributed by atoms with Crippen LogP contribution in [0.4, 0.5) is 0 Å². The van der Waals surface area contributed by atoms with Gasteiger partial charge in [-0.15, -0.1) is 0 Å². The van der Waals surface area contributed by atoms with Crippen molar-refractivity contribution in [3.05, 3.63) is 54.1 Å². The van der Waals surface area contributed by atoms with Crippen LogP contribution < -0.4 is 0 Å². The molecule has 18 heavy (non-hydrogen) atoms. The molecule has 0 saturated carbocycles. The third-order valence-corrected chi connectivity index (χ3v) is 2.32. The molecule has 0 atom stereocenters. The highest BCUT2D eigenvalue weighted by atomic mass is 16.7. The van der Waals surface area contributed by atoms with Crippen LogP contribution in [0.2, 0.25) is 0 Å². The molecular formula is C13H12NO4+. The number of carbonyl (C=O) groups is 1. The summed E-state index contributed by atoms with van der Waals surface area (Å²) < 4.78 is 5.68. The van der Waals surface area contributed by atoms with Gasteiger partial charge < -0.3 is 9.84 Å². The smallest absolute Gasteiger partial charge is 0.431 e. The van der Waals surface area contributed by atoms with Gasteiger partial charge in [0.25, 0.3) is 0 Å². The average molecular weight is 246 g/mol. The fourth-order valence-electron chi connectivity index (χ4n) is 1.52. The van der Waals surface area contributed by atoms with E-state index in [1.807, 2.05) is 6.07 Å². The summed E-state index contributed by atoms with van der Waals surface area (Å²) in [5, 5.41) is 9.93. The zero-order valence-corrected chi connectivity index (χ0v) is 9.74. The predicted octanol–water partition coefficient (Wildman–Crippen LogP) is 1.63. The summed E-state index contributed by atoms with van der Waals surface area (Å²) in [6.07, 6.45) is 4.27. The van der Waals surface area contributed by atoms with Crippen LogP contribution in [0, 0.1) is 0 Å². The Bertz CT molecular complexity index is 543. The number of aliphatic hydroxyl groups is 1. The van der Waals surface area contributed by atoms with Crippen LogP contribution in [0.15, 0.2) is 48.6 Å². The number of methoxy groups -OCH3 is 1. The lowest BCUT2D eigenvalue weighted by Gasteiger charge is -1.92. The van der Waals surface area contributed by atoms with Gasteiger partial charge in [0.1, 0.15) is 0 Å². The van der Waals surface area contributed by atoms with Crippen molar-refractivity contribution in [2.75, 3.05) is 7.11 Å². The minimum atomic E-state index is -0.597. The SMILES string of the molecule is CO/C=C/C=[N+]1/OC(=O)C(c2ccccc2)=C1O. The molecule has 0 unspecified atom stereocenters. The Morgan fingerprint density at radius 2 is 2.06 bits per heavy atom. The molecule has 1 heterocycles. The Labute approximate surface area is 104 Å². The van der Waals surface area contributed by atoms with Gasteiger partial charge in [-0.25, -0.2) is 4.79 Å². The first-order valence-electron chi connectivity index (χ1n) is 5.27. The van der Waals surface area contributed by atoms with Crippen LogP contribution in [0.25, 0.3) is 5.57 Å². The van der Waals surface area contributed by atoms with Crippen LogP contribution in [-0.4, -0.2) is 29.1 Å². The molecule has 2 rings (SSSR count). The fourth-order valence-corrected chi connectivity index (χ4v) is 1.52. The molecule has 0 saturated heterocycles. The van der Waals surface area contributed by atoms with Gasteiger partial charge in [0.15, 0.2) is 5.57 Å². The molecule has 0 spiro atoms. The number of hydroxylamine groups is 1. The molecule has 0 fully saturated rings. The second-order valence-electron chi connectivity index (χ2n) is 3.48. The van der Waals surface area contributed by atoms with Crippen molar-refractivity contribution in [2.45, 2.75) is 0 Å². The lowest BCUT2D eigenvalue weighted by Crippen LogP contribution is -2.07. The second-order valence-corrected chi connectivity index (χ2v) is 3.48. The Morgan fingerprint density at radius 3 is 2.72 bits per heavy atom. The van der Waals surface area contributed by atoms with Crippen molar-refractivity contribution >= 4 is 17.8 Å². The molecular weight excluding hydrogens is 234 g/mol. The molecule has 0 amide bonds. The summed E-state index contributed by atoms with van der Waals surface area (Å²) in [5.41, 5.74) is 0.740. The van der Waals surface area contributed by atoms with E-state index in [0.717, 1.165) is 4.74 Å². The second kappa shape index (κ2) is 5.18. The lowest BCUT2D eigenvalue weighted by molar-refractivity contribution is -0.728. The zero-order chi connectivity index (χ0) is 13.0. The van der Waals surface area contributed by atoms with Gasteiger partial charge in [-0.3, -0.25) is 0 Å². The molecule has 5 heteroatoms. The third kappa shape index (κ3) is 2.24. The van der Waals surface area contributed by atoms with Crippen LogP contribution in [-0.2, 0) is 14.4 Å². The van der Waals surface area contributed by atoms with E-state index in [0.29, 0.717) is 5.56 Å². The number of rotatable bonds is 3. The molecule has 0 radical (unpaired) electrons. The van der Waals surface area contributed by atoms with Crippen molar-refractivity contribution in [3.8, 4) is 0 Å². The van der Waals surface area contributed by atoms with Crippen LogP contribution >= 0.6 is 0 Å². The van der Waals surface area contributed by atoms with E-state index >= 15 is 0 Å². The van der Waals surface area contributed by atoms with E-state index < -0.39 is 5.97 Å². The van der Waals surface area contributed by atoms with Crippen molar-refractivity contribution in [3.63, 3.8) is 0 Å². The number of aliphatic hydroxyl groups excluding tert-OH is 1. The predicted molar refractivity (Wildman–Crippen MR) is 64.6 cm³/mol. The largest absolute Gasteiger partial charge is 0.504 e. The van der Waals surface area contributed by atoms with Gasteiger partial charge >= 0.3 is 11.9 Å². The summed E-state index contributed by atoms with van der Waals surface area (Å²) in [7, 11) is 1.49. The molecule has 0 bridgehead atoms. The first kappa shape index (κ1) is 11.9. The molecule has 0 aliphatic carbocycles. The number of ether oxygens (including phenoxy) is 1. The minimum Gasteiger partial charge on any atom is -0.504 e. The maximum atomic E-state index is 11.7. The first-order valence-corrected chi connectivity index (χ1v) is 5.27. The highest BCUT2D eigenvalue weighted by Gasteiger charge is 2.39. The van der Waals surface area contributed by atoms with E-state index in [1.54, 1.807) is 24.3 Å². The van der Waals surface area contributed by atoms with Gasteiger partial charge in [-0.2, -0.15) is 4.84 Å². The van der Waals surface area contributed by atoms with E-state index in [2.05, 4.69) is 0 Å². The van der Waals surface area contributed by atoms with Gasteiger partial charge in [0.05, 0.1) is 18.1 Å². The molecule has 1 aromatic carbocycles. The van der Waals surface area contributed by atoms with Crippen molar-refractivity contribution in [1.82, 2.24) is 0 Å². The van der Waals surface area contributed by atoms with Gasteiger partial charge in [0.2, 0.25) is 6.21 Å².